The summed E-state index contributed by atoms with van der Waals surface area (Å²) in [6.07, 6.45) is -1.98. The van der Waals surface area contributed by atoms with Gasteiger partial charge in [0.2, 0.25) is 5.91 Å². The van der Waals surface area contributed by atoms with E-state index in [2.05, 4.69) is 10.1 Å². The highest BCUT2D eigenvalue weighted by Gasteiger charge is 2.28. The second-order valence-electron chi connectivity index (χ2n) is 6.67. The molecule has 0 aliphatic heterocycles. The van der Waals surface area contributed by atoms with E-state index in [1.54, 1.807) is 19.2 Å². The maximum Gasteiger partial charge on any atom is 0.405 e. The van der Waals surface area contributed by atoms with Crippen LogP contribution in [0, 0.1) is 6.92 Å². The third kappa shape index (κ3) is 8.43. The van der Waals surface area contributed by atoms with Gasteiger partial charge in [-0.25, -0.2) is 0 Å². The third-order valence-electron chi connectivity index (χ3n) is 4.12. The predicted octanol–water partition coefficient (Wildman–Crippen LogP) is 4.94. The minimum atomic E-state index is -4.55. The summed E-state index contributed by atoms with van der Waals surface area (Å²) in [5, 5.41) is 4.30. The lowest BCUT2D eigenvalue weighted by molar-refractivity contribution is -0.123. The summed E-state index contributed by atoms with van der Waals surface area (Å²) >= 11 is 0. The van der Waals surface area contributed by atoms with Gasteiger partial charge in [-0.05, 0) is 55.3 Å². The Morgan fingerprint density at radius 3 is 2.45 bits per heavy atom. The van der Waals surface area contributed by atoms with Crippen LogP contribution in [-0.4, -0.2) is 37.8 Å². The van der Waals surface area contributed by atoms with E-state index in [-0.39, 0.29) is 29.4 Å². The molecule has 2 amide bonds. The van der Waals surface area contributed by atoms with Gasteiger partial charge in [0.1, 0.15) is 6.54 Å². The Morgan fingerprint density at radius 2 is 1.82 bits per heavy atom. The molecular weight excluding hydrogens is 451 g/mol. The van der Waals surface area contributed by atoms with Crippen LogP contribution >= 0.6 is 0 Å². The van der Waals surface area contributed by atoms with Crippen molar-refractivity contribution in [3.63, 3.8) is 0 Å². The molecule has 178 valence electrons. The Balaban J connectivity index is 2.11. The molecule has 0 atom stereocenters. The van der Waals surface area contributed by atoms with E-state index in [0.717, 1.165) is 6.08 Å². The Kier molecular flexibility index (Phi) is 8.78. The Bertz CT molecular complexity index is 1020. The summed E-state index contributed by atoms with van der Waals surface area (Å²) in [7, 11) is 0. The summed E-state index contributed by atoms with van der Waals surface area (Å²) in [4.78, 5) is 24.2. The van der Waals surface area contributed by atoms with Crippen molar-refractivity contribution >= 4 is 23.6 Å². The quantitative estimate of drug-likeness (QED) is 0.401. The molecule has 11 heteroatoms. The summed E-state index contributed by atoms with van der Waals surface area (Å²) in [5.74, 6) is -1.59. The van der Waals surface area contributed by atoms with Crippen molar-refractivity contribution in [2.45, 2.75) is 26.6 Å². The first-order valence-electron chi connectivity index (χ1n) is 9.65. The van der Waals surface area contributed by atoms with Crippen molar-refractivity contribution in [1.29, 1.82) is 0 Å². The number of ether oxygens (including phenoxy) is 2. The van der Waals surface area contributed by atoms with E-state index in [0.29, 0.717) is 11.1 Å². The summed E-state index contributed by atoms with van der Waals surface area (Å²) in [5.41, 5.74) is 1.23. The van der Waals surface area contributed by atoms with Crippen LogP contribution in [0.4, 0.5) is 27.6 Å². The molecule has 6 nitrogen and oxygen atoms in total. The van der Waals surface area contributed by atoms with Crippen LogP contribution in [0.1, 0.15) is 28.4 Å². The zero-order valence-corrected chi connectivity index (χ0v) is 17.6. The molecule has 2 aromatic carbocycles. The summed E-state index contributed by atoms with van der Waals surface area (Å²) in [6.45, 7) is -0.977. The van der Waals surface area contributed by atoms with Gasteiger partial charge in [-0.15, -0.1) is 0 Å². The molecule has 0 aliphatic rings. The molecule has 0 unspecified atom stereocenters. The number of nitrogens with one attached hydrogen (secondary N) is 2. The number of benzene rings is 2. The predicted molar refractivity (Wildman–Crippen MR) is 111 cm³/mol. The topological polar surface area (TPSA) is 76.7 Å². The molecule has 0 aromatic heterocycles. The van der Waals surface area contributed by atoms with E-state index in [1.165, 1.54) is 42.5 Å². The van der Waals surface area contributed by atoms with Gasteiger partial charge in [-0.3, -0.25) is 9.59 Å². The number of halogens is 5. The Hall–Kier alpha value is -3.63. The second-order valence-corrected chi connectivity index (χ2v) is 6.67. The van der Waals surface area contributed by atoms with Gasteiger partial charge >= 0.3 is 12.8 Å². The third-order valence-corrected chi connectivity index (χ3v) is 4.12. The summed E-state index contributed by atoms with van der Waals surface area (Å²) < 4.78 is 71.5. The first-order chi connectivity index (χ1) is 15.5. The summed E-state index contributed by atoms with van der Waals surface area (Å²) in [6, 6.07) is 8.23. The van der Waals surface area contributed by atoms with Crippen molar-refractivity contribution in [1.82, 2.24) is 5.32 Å². The monoisotopic (exact) mass is 472 g/mol. The van der Waals surface area contributed by atoms with Gasteiger partial charge < -0.3 is 20.1 Å². The van der Waals surface area contributed by atoms with Crippen LogP contribution < -0.4 is 20.1 Å². The van der Waals surface area contributed by atoms with E-state index < -0.39 is 31.1 Å². The number of rotatable bonds is 9. The van der Waals surface area contributed by atoms with Crippen LogP contribution in [0.5, 0.6) is 11.5 Å². The molecule has 0 fully saturated rings. The molecular formula is C22H21F5N2O4. The van der Waals surface area contributed by atoms with Gasteiger partial charge in [-0.1, -0.05) is 12.1 Å². The van der Waals surface area contributed by atoms with E-state index >= 15 is 0 Å². The maximum atomic E-state index is 12.5. The molecule has 2 N–H and O–H groups in total. The highest BCUT2D eigenvalue weighted by Crippen LogP contribution is 2.30. The van der Waals surface area contributed by atoms with Gasteiger partial charge in [0.25, 0.3) is 5.91 Å². The lowest BCUT2D eigenvalue weighted by Gasteiger charge is -2.12. The van der Waals surface area contributed by atoms with Crippen LogP contribution in [-0.2, 0) is 4.79 Å². The smallest absolute Gasteiger partial charge is 0.405 e. The molecule has 2 aromatic rings. The molecule has 2 rings (SSSR count). The second kappa shape index (κ2) is 11.3. The fraction of sp³-hybridized carbons (Fsp3) is 0.273. The number of anilines is 1. The SMILES string of the molecule is CCOc1cc(/C=C/C(=O)Nc2cc(C(=O)NCC(F)(F)F)ccc2C)ccc1OC(F)F. The largest absolute Gasteiger partial charge is 0.490 e. The Morgan fingerprint density at radius 1 is 1.09 bits per heavy atom. The van der Waals surface area contributed by atoms with Gasteiger partial charge in [0.05, 0.1) is 6.61 Å². The Labute approximate surface area is 186 Å². The number of hydrogen-bond acceptors (Lipinski definition) is 4. The molecule has 0 heterocycles. The lowest BCUT2D eigenvalue weighted by atomic mass is 10.1. The van der Waals surface area contributed by atoms with Gasteiger partial charge in [-0.2, -0.15) is 22.0 Å². The van der Waals surface area contributed by atoms with E-state index in [1.807, 2.05) is 0 Å². The van der Waals surface area contributed by atoms with Crippen molar-refractivity contribution in [2.24, 2.45) is 0 Å². The zero-order chi connectivity index (χ0) is 24.6. The first-order valence-corrected chi connectivity index (χ1v) is 9.65. The number of carbonyl (C=O) groups excluding carboxylic acids is 2. The first kappa shape index (κ1) is 25.6. The average molecular weight is 472 g/mol. The lowest BCUT2D eigenvalue weighted by Crippen LogP contribution is -2.33. The van der Waals surface area contributed by atoms with Crippen LogP contribution in [0.25, 0.3) is 6.08 Å². The average Bonchev–Trinajstić information content (AvgIpc) is 2.73. The number of amides is 2. The zero-order valence-electron chi connectivity index (χ0n) is 17.6. The normalized spacial score (nSPS) is 11.5. The fourth-order valence-electron chi connectivity index (χ4n) is 2.62. The highest BCUT2D eigenvalue weighted by molar-refractivity contribution is 6.03. The minimum absolute atomic E-state index is 0.0555. The van der Waals surface area contributed by atoms with Crippen LogP contribution in [0.3, 0.4) is 0 Å². The number of alkyl halides is 5. The van der Waals surface area contributed by atoms with Gasteiger partial charge in [0, 0.05) is 17.3 Å². The minimum Gasteiger partial charge on any atom is -0.490 e. The van der Waals surface area contributed by atoms with Crippen molar-refractivity contribution < 1.29 is 41.0 Å². The maximum absolute atomic E-state index is 12.5. The number of hydrogen-bond donors (Lipinski definition) is 2. The van der Waals surface area contributed by atoms with Crippen LogP contribution in [0.15, 0.2) is 42.5 Å². The van der Waals surface area contributed by atoms with E-state index in [4.69, 9.17) is 4.74 Å². The molecule has 0 saturated heterocycles. The van der Waals surface area contributed by atoms with Crippen molar-refractivity contribution in [3.05, 3.63) is 59.2 Å². The molecule has 0 aliphatic carbocycles. The standard InChI is InChI=1S/C22H21F5N2O4/c1-3-32-18-10-14(5-8-17(18)33-21(23)24)6-9-19(30)29-16-11-15(7-4-13(16)2)20(31)28-12-22(25,26)27/h4-11,21H,3,12H2,1-2H3,(H,28,31)(H,29,30)/b9-6+. The van der Waals surface area contributed by atoms with Crippen molar-refractivity contribution in [2.75, 3.05) is 18.5 Å². The fourth-order valence-corrected chi connectivity index (χ4v) is 2.62. The number of aryl methyl sites for hydroxylation is 1. The van der Waals surface area contributed by atoms with Gasteiger partial charge in [0.15, 0.2) is 11.5 Å². The molecule has 33 heavy (non-hydrogen) atoms. The van der Waals surface area contributed by atoms with Crippen molar-refractivity contribution in [3.8, 4) is 11.5 Å². The molecule has 0 radical (unpaired) electrons. The number of carbonyl (C=O) groups is 2. The highest BCUT2D eigenvalue weighted by atomic mass is 19.4. The van der Waals surface area contributed by atoms with E-state index in [9.17, 15) is 31.5 Å². The molecule has 0 spiro atoms. The molecule has 0 bridgehead atoms. The van der Waals surface area contributed by atoms with Crippen LogP contribution in [0.2, 0.25) is 0 Å². The molecule has 0 saturated carbocycles.